The Morgan fingerprint density at radius 1 is 1.25 bits per heavy atom. The molecule has 2 aromatic carbocycles. The molecule has 0 radical (unpaired) electrons. The van der Waals surface area contributed by atoms with Crippen molar-refractivity contribution in [2.75, 3.05) is 20.2 Å². The van der Waals surface area contributed by atoms with Gasteiger partial charge in [-0.05, 0) is 50.1 Å². The molecule has 1 aliphatic rings. The summed E-state index contributed by atoms with van der Waals surface area (Å²) in [6.07, 6.45) is 1.78. The zero-order valence-electron chi connectivity index (χ0n) is 18.6. The first-order valence-corrected chi connectivity index (χ1v) is 11.9. The number of fused-ring (bicyclic) bond motifs is 1. The van der Waals surface area contributed by atoms with Crippen molar-refractivity contribution < 1.29 is 17.9 Å². The van der Waals surface area contributed by atoms with Gasteiger partial charge in [-0.25, -0.2) is 13.6 Å². The minimum absolute atomic E-state index is 0. The molecule has 3 rings (SSSR count). The maximum atomic E-state index is 11.3. The molecule has 4 N–H and O–H groups in total. The standard InChI is InChI=1S/C22H30N4O4S.HI/c1-4-29-20-12-17-11-15(2)30-21(17)13-18(20)14-26-22(24-3)25-10-9-16-5-7-19(8-6-16)31(23,27)28;/h5-8,12-13,15H,4,9-11,14H2,1-3H3,(H2,23,27,28)(H2,24,25,26);1H. The highest BCUT2D eigenvalue weighted by molar-refractivity contribution is 14.0. The summed E-state index contributed by atoms with van der Waals surface area (Å²) < 4.78 is 34.4. The lowest BCUT2D eigenvalue weighted by Crippen LogP contribution is -2.37. The number of nitrogens with two attached hydrogens (primary N) is 1. The minimum Gasteiger partial charge on any atom is -0.494 e. The van der Waals surface area contributed by atoms with E-state index in [1.807, 2.05) is 13.0 Å². The molecule has 0 saturated carbocycles. The molecule has 0 bridgehead atoms. The number of aliphatic imine (C=N–C) groups is 1. The van der Waals surface area contributed by atoms with Crippen LogP contribution in [-0.4, -0.2) is 40.7 Å². The van der Waals surface area contributed by atoms with Gasteiger partial charge in [-0.3, -0.25) is 4.99 Å². The highest BCUT2D eigenvalue weighted by Gasteiger charge is 2.22. The van der Waals surface area contributed by atoms with Crippen molar-refractivity contribution in [1.29, 1.82) is 0 Å². The smallest absolute Gasteiger partial charge is 0.238 e. The number of hydrogen-bond donors (Lipinski definition) is 3. The summed E-state index contributed by atoms with van der Waals surface area (Å²) in [6.45, 7) is 5.81. The molecule has 176 valence electrons. The second-order valence-electron chi connectivity index (χ2n) is 7.42. The van der Waals surface area contributed by atoms with Crippen LogP contribution in [0, 0.1) is 0 Å². The van der Waals surface area contributed by atoms with Gasteiger partial charge in [0.25, 0.3) is 0 Å². The van der Waals surface area contributed by atoms with Crippen LogP contribution in [0.2, 0.25) is 0 Å². The molecule has 0 amide bonds. The van der Waals surface area contributed by atoms with Crippen LogP contribution in [0.15, 0.2) is 46.3 Å². The van der Waals surface area contributed by atoms with Crippen molar-refractivity contribution in [1.82, 2.24) is 10.6 Å². The topological polar surface area (TPSA) is 115 Å². The van der Waals surface area contributed by atoms with E-state index in [-0.39, 0.29) is 35.0 Å². The number of halogens is 1. The molecule has 32 heavy (non-hydrogen) atoms. The lowest BCUT2D eigenvalue weighted by Gasteiger charge is -2.16. The third-order valence-corrected chi connectivity index (χ3v) is 5.94. The Morgan fingerprint density at radius 2 is 1.97 bits per heavy atom. The van der Waals surface area contributed by atoms with Gasteiger partial charge >= 0.3 is 0 Å². The normalized spacial score (nSPS) is 15.4. The van der Waals surface area contributed by atoms with Crippen molar-refractivity contribution in [3.05, 3.63) is 53.1 Å². The first kappa shape index (κ1) is 26.2. The van der Waals surface area contributed by atoms with E-state index in [2.05, 4.69) is 28.6 Å². The summed E-state index contributed by atoms with van der Waals surface area (Å²) in [5.74, 6) is 2.44. The van der Waals surface area contributed by atoms with Gasteiger partial charge in [-0.1, -0.05) is 12.1 Å². The Hall–Kier alpha value is -2.05. The second-order valence-corrected chi connectivity index (χ2v) is 8.99. The number of ether oxygens (including phenoxy) is 2. The molecule has 1 unspecified atom stereocenters. The number of hydrogen-bond acceptors (Lipinski definition) is 5. The van der Waals surface area contributed by atoms with Crippen LogP contribution < -0.4 is 25.2 Å². The van der Waals surface area contributed by atoms with Crippen LogP contribution in [0.1, 0.15) is 30.5 Å². The molecule has 1 heterocycles. The fourth-order valence-electron chi connectivity index (χ4n) is 3.48. The van der Waals surface area contributed by atoms with Gasteiger partial charge in [-0.2, -0.15) is 0 Å². The molecular weight excluding hydrogens is 543 g/mol. The minimum atomic E-state index is -3.67. The predicted octanol–water partition coefficient (Wildman–Crippen LogP) is 2.58. The largest absolute Gasteiger partial charge is 0.494 e. The monoisotopic (exact) mass is 574 g/mol. The summed E-state index contributed by atoms with van der Waals surface area (Å²) in [5.41, 5.74) is 3.19. The van der Waals surface area contributed by atoms with Crippen molar-refractivity contribution >= 4 is 40.0 Å². The van der Waals surface area contributed by atoms with E-state index in [9.17, 15) is 8.42 Å². The number of rotatable bonds is 8. The Balaban J connectivity index is 0.00000363. The van der Waals surface area contributed by atoms with Crippen LogP contribution in [0.5, 0.6) is 11.5 Å². The molecule has 0 spiro atoms. The first-order chi connectivity index (χ1) is 14.8. The Morgan fingerprint density at radius 3 is 2.59 bits per heavy atom. The Kier molecular flexibility index (Phi) is 9.59. The predicted molar refractivity (Wildman–Crippen MR) is 137 cm³/mol. The van der Waals surface area contributed by atoms with Crippen LogP contribution in [0.25, 0.3) is 0 Å². The fraction of sp³-hybridized carbons (Fsp3) is 0.409. The van der Waals surface area contributed by atoms with Crippen LogP contribution in [-0.2, 0) is 29.4 Å². The molecule has 1 atom stereocenters. The fourth-order valence-corrected chi connectivity index (χ4v) is 4.00. The number of primary sulfonamides is 1. The Bertz CT molecular complexity index is 1040. The quantitative estimate of drug-likeness (QED) is 0.254. The maximum Gasteiger partial charge on any atom is 0.238 e. The lowest BCUT2D eigenvalue weighted by molar-refractivity contribution is 0.254. The van der Waals surface area contributed by atoms with Crippen molar-refractivity contribution in [3.63, 3.8) is 0 Å². The van der Waals surface area contributed by atoms with Gasteiger partial charge in [0.2, 0.25) is 10.0 Å². The maximum absolute atomic E-state index is 11.3. The van der Waals surface area contributed by atoms with E-state index >= 15 is 0 Å². The lowest BCUT2D eigenvalue weighted by atomic mass is 10.1. The molecule has 0 saturated heterocycles. The summed E-state index contributed by atoms with van der Waals surface area (Å²) in [6, 6.07) is 10.7. The van der Waals surface area contributed by atoms with Gasteiger partial charge in [0.05, 0.1) is 11.5 Å². The van der Waals surface area contributed by atoms with Gasteiger partial charge in [0.15, 0.2) is 5.96 Å². The molecule has 10 heteroatoms. The number of nitrogens with one attached hydrogen (secondary N) is 2. The van der Waals surface area contributed by atoms with Crippen LogP contribution in [0.4, 0.5) is 0 Å². The van der Waals surface area contributed by atoms with Crippen LogP contribution in [0.3, 0.4) is 0 Å². The van der Waals surface area contributed by atoms with Gasteiger partial charge < -0.3 is 20.1 Å². The third kappa shape index (κ3) is 6.97. The van der Waals surface area contributed by atoms with E-state index < -0.39 is 10.0 Å². The number of nitrogens with zero attached hydrogens (tertiary/aromatic N) is 1. The van der Waals surface area contributed by atoms with E-state index in [0.717, 1.165) is 29.0 Å². The molecular formula is C22H31IN4O4S. The Labute approximate surface area is 207 Å². The third-order valence-electron chi connectivity index (χ3n) is 5.01. The zero-order valence-corrected chi connectivity index (χ0v) is 21.7. The van der Waals surface area contributed by atoms with E-state index in [1.165, 1.54) is 17.7 Å². The second kappa shape index (κ2) is 11.7. The SMILES string of the molecule is CCOc1cc2c(cc1CNC(=NC)NCCc1ccc(S(N)(=O)=O)cc1)OC(C)C2.I. The molecule has 0 aromatic heterocycles. The van der Waals surface area contributed by atoms with Crippen molar-refractivity contribution in [2.24, 2.45) is 10.1 Å². The van der Waals surface area contributed by atoms with Gasteiger partial charge in [0.1, 0.15) is 17.6 Å². The van der Waals surface area contributed by atoms with E-state index in [4.69, 9.17) is 14.6 Å². The highest BCUT2D eigenvalue weighted by Crippen LogP contribution is 2.35. The molecule has 8 nitrogen and oxygen atoms in total. The molecule has 0 fully saturated rings. The first-order valence-electron chi connectivity index (χ1n) is 10.3. The van der Waals surface area contributed by atoms with E-state index in [1.54, 1.807) is 19.2 Å². The van der Waals surface area contributed by atoms with Crippen molar-refractivity contribution in [2.45, 2.75) is 44.2 Å². The van der Waals surface area contributed by atoms with Gasteiger partial charge in [-0.15, -0.1) is 24.0 Å². The summed E-state index contributed by atoms with van der Waals surface area (Å²) >= 11 is 0. The molecule has 2 aromatic rings. The summed E-state index contributed by atoms with van der Waals surface area (Å²) in [7, 11) is -1.95. The van der Waals surface area contributed by atoms with Gasteiger partial charge in [0, 0.05) is 37.7 Å². The highest BCUT2D eigenvalue weighted by atomic mass is 127. The average Bonchev–Trinajstić information content (AvgIpc) is 3.09. The summed E-state index contributed by atoms with van der Waals surface area (Å²) in [5, 5.41) is 11.7. The summed E-state index contributed by atoms with van der Waals surface area (Å²) in [4.78, 5) is 4.38. The van der Waals surface area contributed by atoms with Crippen molar-refractivity contribution in [3.8, 4) is 11.5 Å². The number of sulfonamides is 1. The number of guanidine groups is 1. The number of benzene rings is 2. The molecule has 1 aliphatic heterocycles. The zero-order chi connectivity index (χ0) is 22.4. The van der Waals surface area contributed by atoms with Crippen LogP contribution >= 0.6 is 24.0 Å². The average molecular weight is 574 g/mol. The molecule has 0 aliphatic carbocycles. The van der Waals surface area contributed by atoms with E-state index in [0.29, 0.717) is 32.1 Å².